The summed E-state index contributed by atoms with van der Waals surface area (Å²) in [4.78, 5) is 3.96. The fourth-order valence-corrected chi connectivity index (χ4v) is 1.27. The highest BCUT2D eigenvalue weighted by Crippen LogP contribution is 2.27. The lowest BCUT2D eigenvalue weighted by Crippen LogP contribution is -2.34. The maximum atomic E-state index is 7.23. The SMILES string of the molecule is N=C1N=C(C2CCC2)NC1=N. The molecule has 11 heavy (non-hydrogen) atoms. The Morgan fingerprint density at radius 3 is 2.45 bits per heavy atom. The minimum absolute atomic E-state index is 0.0758. The van der Waals surface area contributed by atoms with E-state index < -0.39 is 0 Å². The lowest BCUT2D eigenvalue weighted by Gasteiger charge is -2.24. The Morgan fingerprint density at radius 1 is 1.36 bits per heavy atom. The van der Waals surface area contributed by atoms with Gasteiger partial charge in [0.05, 0.1) is 0 Å². The van der Waals surface area contributed by atoms with E-state index in [1.807, 2.05) is 0 Å². The van der Waals surface area contributed by atoms with Crippen molar-refractivity contribution in [1.29, 1.82) is 10.8 Å². The van der Waals surface area contributed by atoms with E-state index in [-0.39, 0.29) is 11.7 Å². The third kappa shape index (κ3) is 0.943. The summed E-state index contributed by atoms with van der Waals surface area (Å²) in [6, 6.07) is 0. The average Bonchev–Trinajstić information content (AvgIpc) is 2.08. The van der Waals surface area contributed by atoms with E-state index in [9.17, 15) is 0 Å². The van der Waals surface area contributed by atoms with Crippen LogP contribution >= 0.6 is 0 Å². The molecule has 4 nitrogen and oxygen atoms in total. The first-order valence-electron chi connectivity index (χ1n) is 3.80. The quantitative estimate of drug-likeness (QED) is 0.507. The second kappa shape index (κ2) is 2.15. The molecule has 2 aliphatic rings. The summed E-state index contributed by atoms with van der Waals surface area (Å²) in [7, 11) is 0. The molecule has 0 amide bonds. The Bertz CT molecular complexity index is 249. The number of amidine groups is 3. The van der Waals surface area contributed by atoms with Gasteiger partial charge >= 0.3 is 0 Å². The van der Waals surface area contributed by atoms with Crippen molar-refractivity contribution in [3.63, 3.8) is 0 Å². The van der Waals surface area contributed by atoms with Crippen molar-refractivity contribution in [3.05, 3.63) is 0 Å². The van der Waals surface area contributed by atoms with Crippen LogP contribution in [0.4, 0.5) is 0 Å². The van der Waals surface area contributed by atoms with Gasteiger partial charge in [-0.3, -0.25) is 10.8 Å². The zero-order valence-electron chi connectivity index (χ0n) is 6.15. The normalized spacial score (nSPS) is 24.5. The van der Waals surface area contributed by atoms with Gasteiger partial charge in [0.2, 0.25) is 0 Å². The Morgan fingerprint density at radius 2 is 2.09 bits per heavy atom. The molecule has 1 saturated carbocycles. The molecule has 3 N–H and O–H groups in total. The van der Waals surface area contributed by atoms with Gasteiger partial charge in [0.15, 0.2) is 11.7 Å². The maximum Gasteiger partial charge on any atom is 0.189 e. The topological polar surface area (TPSA) is 72.1 Å². The van der Waals surface area contributed by atoms with Crippen LogP contribution in [0.2, 0.25) is 0 Å². The Kier molecular flexibility index (Phi) is 1.27. The number of hydrogen-bond acceptors (Lipinski definition) is 2. The van der Waals surface area contributed by atoms with Gasteiger partial charge in [0.25, 0.3) is 0 Å². The summed E-state index contributed by atoms with van der Waals surface area (Å²) in [6.45, 7) is 0. The highest BCUT2D eigenvalue weighted by atomic mass is 15.1. The molecule has 1 aliphatic carbocycles. The van der Waals surface area contributed by atoms with E-state index >= 15 is 0 Å². The van der Waals surface area contributed by atoms with Crippen LogP contribution in [0, 0.1) is 16.7 Å². The molecule has 0 saturated heterocycles. The second-order valence-corrected chi connectivity index (χ2v) is 2.97. The molecule has 1 heterocycles. The number of nitrogens with one attached hydrogen (secondary N) is 3. The Balaban J connectivity index is 2.11. The maximum absolute atomic E-state index is 7.23. The number of rotatable bonds is 1. The van der Waals surface area contributed by atoms with Gasteiger partial charge in [-0.25, -0.2) is 4.99 Å². The molecular formula is C7H10N4. The molecule has 0 radical (unpaired) electrons. The first kappa shape index (κ1) is 6.52. The Hall–Kier alpha value is -1.19. The molecule has 4 heteroatoms. The van der Waals surface area contributed by atoms with E-state index in [0.29, 0.717) is 5.92 Å². The summed E-state index contributed by atoms with van der Waals surface area (Å²) in [5, 5.41) is 17.2. The molecule has 0 aromatic carbocycles. The lowest BCUT2D eigenvalue weighted by molar-refractivity contribution is 0.409. The Labute approximate surface area is 64.7 Å². The van der Waals surface area contributed by atoms with Crippen molar-refractivity contribution in [2.24, 2.45) is 10.9 Å². The molecule has 2 rings (SSSR count). The lowest BCUT2D eigenvalue weighted by atomic mass is 9.84. The summed E-state index contributed by atoms with van der Waals surface area (Å²) >= 11 is 0. The van der Waals surface area contributed by atoms with Crippen molar-refractivity contribution < 1.29 is 0 Å². The van der Waals surface area contributed by atoms with Crippen LogP contribution in [0.1, 0.15) is 19.3 Å². The molecule has 0 aromatic rings. The molecule has 58 valence electrons. The third-order valence-corrected chi connectivity index (χ3v) is 2.21. The summed E-state index contributed by atoms with van der Waals surface area (Å²) in [5.74, 6) is 1.56. The number of hydrogen-bond donors (Lipinski definition) is 3. The molecule has 1 fully saturated rings. The van der Waals surface area contributed by atoms with Crippen LogP contribution in [-0.2, 0) is 0 Å². The zero-order valence-corrected chi connectivity index (χ0v) is 6.15. The fraction of sp³-hybridized carbons (Fsp3) is 0.571. The van der Waals surface area contributed by atoms with E-state index in [1.165, 1.54) is 6.42 Å². The summed E-state index contributed by atoms with van der Waals surface area (Å²) in [6.07, 6.45) is 3.57. The van der Waals surface area contributed by atoms with Crippen molar-refractivity contribution in [3.8, 4) is 0 Å². The predicted octanol–water partition coefficient (Wildman–Crippen LogP) is 0.743. The fourth-order valence-electron chi connectivity index (χ4n) is 1.27. The van der Waals surface area contributed by atoms with Gasteiger partial charge in [-0.1, -0.05) is 6.42 Å². The van der Waals surface area contributed by atoms with Crippen LogP contribution in [0.3, 0.4) is 0 Å². The highest BCUT2D eigenvalue weighted by Gasteiger charge is 2.28. The average molecular weight is 150 g/mol. The zero-order chi connectivity index (χ0) is 7.84. The van der Waals surface area contributed by atoms with E-state index in [1.54, 1.807) is 0 Å². The minimum atomic E-state index is 0.0758. The van der Waals surface area contributed by atoms with Crippen LogP contribution in [0.25, 0.3) is 0 Å². The van der Waals surface area contributed by atoms with Crippen molar-refractivity contribution >= 4 is 17.5 Å². The van der Waals surface area contributed by atoms with Gasteiger partial charge in [-0.15, -0.1) is 0 Å². The smallest absolute Gasteiger partial charge is 0.189 e. The predicted molar refractivity (Wildman–Crippen MR) is 43.4 cm³/mol. The third-order valence-electron chi connectivity index (χ3n) is 2.21. The van der Waals surface area contributed by atoms with E-state index in [0.717, 1.165) is 18.7 Å². The molecule has 1 aliphatic heterocycles. The van der Waals surface area contributed by atoms with Crippen molar-refractivity contribution in [1.82, 2.24) is 5.32 Å². The molecule has 0 unspecified atom stereocenters. The van der Waals surface area contributed by atoms with Gasteiger partial charge in [0, 0.05) is 5.92 Å². The van der Waals surface area contributed by atoms with Gasteiger partial charge < -0.3 is 5.32 Å². The van der Waals surface area contributed by atoms with Crippen LogP contribution in [0.5, 0.6) is 0 Å². The number of aliphatic imine (C=N–C) groups is 1. The van der Waals surface area contributed by atoms with Gasteiger partial charge in [-0.05, 0) is 12.8 Å². The molecule has 0 aromatic heterocycles. The molecule has 0 atom stereocenters. The van der Waals surface area contributed by atoms with E-state index in [2.05, 4.69) is 10.3 Å². The second-order valence-electron chi connectivity index (χ2n) is 2.97. The van der Waals surface area contributed by atoms with Crippen LogP contribution in [-0.4, -0.2) is 17.5 Å². The molecule has 0 spiro atoms. The van der Waals surface area contributed by atoms with Crippen molar-refractivity contribution in [2.75, 3.05) is 0 Å². The van der Waals surface area contributed by atoms with Crippen molar-refractivity contribution in [2.45, 2.75) is 19.3 Å². The first-order chi connectivity index (χ1) is 5.27. The van der Waals surface area contributed by atoms with Gasteiger partial charge in [-0.2, -0.15) is 0 Å². The van der Waals surface area contributed by atoms with E-state index in [4.69, 9.17) is 10.8 Å². The minimum Gasteiger partial charge on any atom is -0.325 e. The van der Waals surface area contributed by atoms with Crippen LogP contribution in [0.15, 0.2) is 4.99 Å². The summed E-state index contributed by atoms with van der Waals surface area (Å²) < 4.78 is 0. The number of nitrogens with zero attached hydrogens (tertiary/aromatic N) is 1. The highest BCUT2D eigenvalue weighted by molar-refractivity contribution is 6.46. The first-order valence-corrected chi connectivity index (χ1v) is 3.80. The monoisotopic (exact) mass is 150 g/mol. The van der Waals surface area contributed by atoms with Crippen LogP contribution < -0.4 is 5.32 Å². The molecule has 0 bridgehead atoms. The molecular weight excluding hydrogens is 140 g/mol. The largest absolute Gasteiger partial charge is 0.325 e. The standard InChI is InChI=1S/C7H10N4/c8-5-6(9)11-7(10-5)4-2-1-3-4/h4H,1-3H2,(H3,8,9,10,11). The summed E-state index contributed by atoms with van der Waals surface area (Å²) in [5.41, 5.74) is 0. The van der Waals surface area contributed by atoms with Gasteiger partial charge in [0.1, 0.15) is 5.84 Å².